The Morgan fingerprint density at radius 2 is 2.05 bits per heavy atom. The van der Waals surface area contributed by atoms with Crippen molar-refractivity contribution < 1.29 is 13.2 Å². The van der Waals surface area contributed by atoms with E-state index in [9.17, 15) is 13.2 Å². The van der Waals surface area contributed by atoms with Crippen LogP contribution in [0, 0.1) is 5.92 Å². The van der Waals surface area contributed by atoms with E-state index in [-0.39, 0.29) is 22.7 Å². The fraction of sp³-hybridized carbons (Fsp3) is 0.692. The van der Waals surface area contributed by atoms with Crippen molar-refractivity contribution in [3.8, 4) is 0 Å². The van der Waals surface area contributed by atoms with Gasteiger partial charge >= 0.3 is 0 Å². The molecule has 0 radical (unpaired) electrons. The van der Waals surface area contributed by atoms with E-state index in [0.29, 0.717) is 12.0 Å². The van der Waals surface area contributed by atoms with Gasteiger partial charge in [0.05, 0.1) is 22.8 Å². The van der Waals surface area contributed by atoms with Gasteiger partial charge in [-0.2, -0.15) is 5.10 Å². The lowest BCUT2D eigenvalue weighted by atomic mass is 9.86. The minimum absolute atomic E-state index is 0.0235. The van der Waals surface area contributed by atoms with E-state index in [1.54, 1.807) is 17.9 Å². The van der Waals surface area contributed by atoms with E-state index in [1.807, 2.05) is 20.8 Å². The first kappa shape index (κ1) is 14.2. The Balaban J connectivity index is 2.35. The first-order valence-electron chi connectivity index (χ1n) is 6.39. The second kappa shape index (κ2) is 4.44. The Morgan fingerprint density at radius 1 is 1.42 bits per heavy atom. The Bertz CT molecular complexity index is 608. The van der Waals surface area contributed by atoms with Crippen molar-refractivity contribution in [1.82, 2.24) is 9.78 Å². The van der Waals surface area contributed by atoms with Crippen LogP contribution in [0.3, 0.4) is 0 Å². The Labute approximate surface area is 113 Å². The minimum atomic E-state index is -3.04. The number of ketones is 1. The predicted octanol–water partition coefficient (Wildman–Crippen LogP) is 1.34. The summed E-state index contributed by atoms with van der Waals surface area (Å²) in [4.78, 5) is 12.5. The molecule has 0 aromatic carbocycles. The Hall–Kier alpha value is -1.17. The monoisotopic (exact) mass is 284 g/mol. The predicted molar refractivity (Wildman–Crippen MR) is 73.0 cm³/mol. The van der Waals surface area contributed by atoms with Crippen LogP contribution in [0.5, 0.6) is 0 Å². The van der Waals surface area contributed by atoms with Gasteiger partial charge < -0.3 is 0 Å². The Kier molecular flexibility index (Phi) is 3.33. The van der Waals surface area contributed by atoms with Crippen LogP contribution in [0.4, 0.5) is 0 Å². The molecule has 2 rings (SSSR count). The number of aromatic nitrogens is 2. The second-order valence-corrected chi connectivity index (χ2v) is 8.51. The molecule has 0 saturated carbocycles. The zero-order chi connectivity index (χ0) is 14.4. The fourth-order valence-corrected chi connectivity index (χ4v) is 4.19. The first-order chi connectivity index (χ1) is 8.60. The number of sulfone groups is 1. The highest BCUT2D eigenvalue weighted by molar-refractivity contribution is 7.91. The van der Waals surface area contributed by atoms with E-state index in [2.05, 4.69) is 5.10 Å². The van der Waals surface area contributed by atoms with Gasteiger partial charge in [-0.1, -0.05) is 20.8 Å². The van der Waals surface area contributed by atoms with Crippen LogP contribution in [0.15, 0.2) is 6.20 Å². The summed E-state index contributed by atoms with van der Waals surface area (Å²) < 4.78 is 24.6. The highest BCUT2D eigenvalue weighted by atomic mass is 32.2. The Morgan fingerprint density at radius 3 is 2.53 bits per heavy atom. The molecule has 1 saturated heterocycles. The summed E-state index contributed by atoms with van der Waals surface area (Å²) in [6, 6.07) is 0. The summed E-state index contributed by atoms with van der Waals surface area (Å²) in [5, 5.41) is 4.36. The molecule has 0 spiro atoms. The van der Waals surface area contributed by atoms with E-state index in [0.717, 1.165) is 5.69 Å². The van der Waals surface area contributed by atoms with Crippen LogP contribution in [-0.4, -0.2) is 35.5 Å². The smallest absolute Gasteiger partial charge is 0.170 e. The van der Waals surface area contributed by atoms with Gasteiger partial charge in [-0.25, -0.2) is 8.42 Å². The maximum Gasteiger partial charge on any atom is 0.170 e. The highest BCUT2D eigenvalue weighted by Gasteiger charge is 2.36. The number of nitrogens with zero attached hydrogens (tertiary/aromatic N) is 2. The van der Waals surface area contributed by atoms with Gasteiger partial charge in [0.1, 0.15) is 0 Å². The average Bonchev–Trinajstić information content (AvgIpc) is 2.80. The molecule has 1 atom stereocenters. The van der Waals surface area contributed by atoms with Crippen molar-refractivity contribution in [3.63, 3.8) is 0 Å². The van der Waals surface area contributed by atoms with Crippen LogP contribution in [0.2, 0.25) is 0 Å². The summed E-state index contributed by atoms with van der Waals surface area (Å²) in [5.74, 6) is -0.395. The molecular formula is C13H20N2O3S. The largest absolute Gasteiger partial charge is 0.294 e. The number of carbonyl (C=O) groups is 1. The van der Waals surface area contributed by atoms with Crippen LogP contribution < -0.4 is 0 Å². The molecule has 1 fully saturated rings. The van der Waals surface area contributed by atoms with E-state index in [1.165, 1.54) is 0 Å². The normalized spacial score (nSPS) is 22.6. The van der Waals surface area contributed by atoms with Crippen molar-refractivity contribution in [2.45, 2.75) is 32.6 Å². The van der Waals surface area contributed by atoms with E-state index in [4.69, 9.17) is 0 Å². The topological polar surface area (TPSA) is 69.0 Å². The fourth-order valence-electron chi connectivity index (χ4n) is 2.44. The number of carbonyl (C=O) groups excluding carboxylic acids is 1. The summed E-state index contributed by atoms with van der Waals surface area (Å²) in [5.41, 5.74) is 1.07. The molecule has 1 aromatic heterocycles. The van der Waals surface area contributed by atoms with Gasteiger partial charge in [-0.15, -0.1) is 0 Å². The molecular weight excluding hydrogens is 264 g/mol. The summed E-state index contributed by atoms with van der Waals surface area (Å²) >= 11 is 0. The van der Waals surface area contributed by atoms with E-state index < -0.39 is 15.8 Å². The number of hydrogen-bond donors (Lipinski definition) is 0. The van der Waals surface area contributed by atoms with Crippen LogP contribution >= 0.6 is 0 Å². The van der Waals surface area contributed by atoms with Crippen LogP contribution in [0.1, 0.15) is 43.2 Å². The lowest BCUT2D eigenvalue weighted by Gasteiger charge is -2.17. The van der Waals surface area contributed by atoms with Gasteiger partial charge in [0, 0.05) is 24.6 Å². The van der Waals surface area contributed by atoms with Gasteiger partial charge in [0.25, 0.3) is 0 Å². The summed E-state index contributed by atoms with van der Waals surface area (Å²) in [7, 11) is -1.26. The number of hydrogen-bond acceptors (Lipinski definition) is 4. The quantitative estimate of drug-likeness (QED) is 0.768. The molecule has 0 N–H and O–H groups in total. The lowest BCUT2D eigenvalue weighted by Crippen LogP contribution is -2.21. The molecule has 6 heteroatoms. The maximum atomic E-state index is 12.5. The highest BCUT2D eigenvalue weighted by Crippen LogP contribution is 2.29. The number of Topliss-reactive ketones (excluding diaryl/α,β-unsaturated/α-hetero) is 1. The van der Waals surface area contributed by atoms with Crippen molar-refractivity contribution in [2.75, 3.05) is 11.5 Å². The third kappa shape index (κ3) is 2.88. The lowest BCUT2D eigenvalue weighted by molar-refractivity contribution is 0.0931. The third-order valence-electron chi connectivity index (χ3n) is 3.41. The first-order valence-corrected chi connectivity index (χ1v) is 8.21. The van der Waals surface area contributed by atoms with Gasteiger partial charge in [0.15, 0.2) is 15.6 Å². The SMILES string of the molecule is Cn1cc(C(=O)C2CCS(=O)(=O)C2)c(C(C)(C)C)n1. The molecule has 0 aliphatic carbocycles. The molecule has 0 bridgehead atoms. The third-order valence-corrected chi connectivity index (χ3v) is 5.18. The number of aryl methyl sites for hydroxylation is 1. The van der Waals surface area contributed by atoms with Gasteiger partial charge in [-0.05, 0) is 6.42 Å². The molecule has 1 unspecified atom stereocenters. The molecule has 0 amide bonds. The van der Waals surface area contributed by atoms with E-state index >= 15 is 0 Å². The van der Waals surface area contributed by atoms with Gasteiger partial charge in [-0.3, -0.25) is 9.48 Å². The summed E-state index contributed by atoms with van der Waals surface area (Å²) in [6.45, 7) is 5.99. The molecule has 1 aromatic rings. The van der Waals surface area contributed by atoms with Crippen LogP contribution in [0.25, 0.3) is 0 Å². The summed E-state index contributed by atoms with van der Waals surface area (Å²) in [6.07, 6.45) is 2.13. The number of rotatable bonds is 2. The van der Waals surface area contributed by atoms with Crippen molar-refractivity contribution in [2.24, 2.45) is 13.0 Å². The van der Waals surface area contributed by atoms with Crippen LogP contribution in [-0.2, 0) is 22.3 Å². The molecule has 1 aliphatic heterocycles. The molecule has 2 heterocycles. The zero-order valence-electron chi connectivity index (χ0n) is 11.8. The molecule has 1 aliphatic rings. The molecule has 106 valence electrons. The van der Waals surface area contributed by atoms with Gasteiger partial charge in [0.2, 0.25) is 0 Å². The van der Waals surface area contributed by atoms with Crippen molar-refractivity contribution in [1.29, 1.82) is 0 Å². The van der Waals surface area contributed by atoms with Crippen molar-refractivity contribution >= 4 is 15.6 Å². The van der Waals surface area contributed by atoms with Crippen molar-refractivity contribution in [3.05, 3.63) is 17.5 Å². The molecule has 5 nitrogen and oxygen atoms in total. The minimum Gasteiger partial charge on any atom is -0.294 e. The average molecular weight is 284 g/mol. The zero-order valence-corrected chi connectivity index (χ0v) is 12.6. The standard InChI is InChI=1S/C13H20N2O3S/c1-13(2,3)12-10(7-15(4)14-12)11(16)9-5-6-19(17,18)8-9/h7,9H,5-6,8H2,1-4H3. The second-order valence-electron chi connectivity index (χ2n) is 6.28. The molecule has 19 heavy (non-hydrogen) atoms. The maximum absolute atomic E-state index is 12.5.